The van der Waals surface area contributed by atoms with Crippen LogP contribution in [0.3, 0.4) is 0 Å². The van der Waals surface area contributed by atoms with Gasteiger partial charge in [-0.15, -0.1) is 17.8 Å². The van der Waals surface area contributed by atoms with Crippen molar-refractivity contribution in [3.05, 3.63) is 74.4 Å². The maximum atomic E-state index is 11.1. The molecule has 2 aromatic carbocycles. The summed E-state index contributed by atoms with van der Waals surface area (Å²) in [5.74, 6) is -1.04. The maximum absolute atomic E-state index is 11.1. The third-order valence-electron chi connectivity index (χ3n) is 5.34. The van der Waals surface area contributed by atoms with Crippen molar-refractivity contribution in [3.8, 4) is 0 Å². The normalized spacial score (nSPS) is 15.7. The average Bonchev–Trinajstić information content (AvgIpc) is 3.43. The van der Waals surface area contributed by atoms with Gasteiger partial charge in [0.15, 0.2) is 0 Å². The van der Waals surface area contributed by atoms with Gasteiger partial charge in [-0.2, -0.15) is 0 Å². The van der Waals surface area contributed by atoms with E-state index in [2.05, 4.69) is 5.32 Å². The predicted molar refractivity (Wildman–Crippen MR) is 130 cm³/mol. The van der Waals surface area contributed by atoms with Crippen LogP contribution in [-0.4, -0.2) is 23.2 Å². The number of carbonyl (C=O) groups is 1. The van der Waals surface area contributed by atoms with E-state index in [1.54, 1.807) is 30.3 Å². The number of aryl methyl sites for hydroxylation is 1. The molecular weight excluding hydrogens is 628 g/mol. The molecule has 4 rings (SSSR count). The van der Waals surface area contributed by atoms with Gasteiger partial charge in [0.05, 0.1) is 0 Å². The fourth-order valence-electron chi connectivity index (χ4n) is 3.47. The van der Waals surface area contributed by atoms with Gasteiger partial charge in [-0.05, 0) is 24.6 Å². The smallest absolute Gasteiger partial charge is 0.334 e. The molecular formula is C24H30Cl2N3O2Pt-3. The van der Waals surface area contributed by atoms with Gasteiger partial charge in [-0.25, -0.2) is 4.79 Å². The van der Waals surface area contributed by atoms with E-state index in [1.807, 2.05) is 6.92 Å². The molecule has 5 nitrogen and oxygen atoms in total. The van der Waals surface area contributed by atoms with Crippen LogP contribution in [0.15, 0.2) is 36.4 Å². The molecule has 0 radical (unpaired) electrons. The molecule has 0 aromatic heterocycles. The molecule has 2 saturated carbocycles. The zero-order valence-corrected chi connectivity index (χ0v) is 21.9. The molecule has 0 unspecified atom stereocenters. The fraction of sp³-hybridized carbons (Fsp3) is 0.458. The standard InChI is InChI=1S/C14H10Cl2NO2.2C5H10N.Pt/c1-8-6-7-10(15)13(12(8)16)17-11-5-3-2-4-9(11)14(18)19;2*6-5-3-1-2-4-5;/h2-7H,1H3,(H,18,19);2*5-6H,1-4H2;/q3*-1;. The number of halogens is 2. The van der Waals surface area contributed by atoms with Crippen molar-refractivity contribution in [2.45, 2.75) is 70.4 Å². The quantitative estimate of drug-likeness (QED) is 0.356. The molecule has 0 aliphatic heterocycles. The Morgan fingerprint density at radius 2 is 1.44 bits per heavy atom. The monoisotopic (exact) mass is 657 g/mol. The van der Waals surface area contributed by atoms with Gasteiger partial charge < -0.3 is 21.9 Å². The summed E-state index contributed by atoms with van der Waals surface area (Å²) < 4.78 is 0. The Bertz CT molecular complexity index is 841. The van der Waals surface area contributed by atoms with Crippen molar-refractivity contribution < 1.29 is 31.0 Å². The van der Waals surface area contributed by atoms with Crippen LogP contribution in [0, 0.1) is 6.92 Å². The second-order valence-corrected chi connectivity index (χ2v) is 8.71. The molecule has 0 atom stereocenters. The maximum Gasteiger partial charge on any atom is 0.334 e. The minimum atomic E-state index is -1.04. The van der Waals surface area contributed by atoms with E-state index >= 15 is 0 Å². The molecule has 0 bridgehead atoms. The first-order valence-electron chi connectivity index (χ1n) is 10.7. The van der Waals surface area contributed by atoms with Gasteiger partial charge in [-0.1, -0.05) is 105 Å². The first-order chi connectivity index (χ1) is 14.8. The minimum Gasteiger partial charge on any atom is -0.675 e. The van der Waals surface area contributed by atoms with Crippen molar-refractivity contribution >= 4 is 40.5 Å². The molecule has 180 valence electrons. The summed E-state index contributed by atoms with van der Waals surface area (Å²) >= 11 is 12.2. The average molecular weight is 659 g/mol. The number of rotatable bonds is 3. The molecule has 32 heavy (non-hydrogen) atoms. The first-order valence-corrected chi connectivity index (χ1v) is 11.5. The first kappa shape index (κ1) is 28.9. The summed E-state index contributed by atoms with van der Waals surface area (Å²) in [6.07, 6.45) is 9.81. The molecule has 8 heteroatoms. The number of hydrogen-bond donors (Lipinski definition) is 1. The van der Waals surface area contributed by atoms with Crippen LogP contribution in [-0.2, 0) is 21.1 Å². The van der Waals surface area contributed by atoms with E-state index in [9.17, 15) is 4.79 Å². The van der Waals surface area contributed by atoms with E-state index in [1.165, 1.54) is 31.7 Å². The van der Waals surface area contributed by atoms with Crippen molar-refractivity contribution in [1.29, 1.82) is 0 Å². The summed E-state index contributed by atoms with van der Waals surface area (Å²) in [5, 5.41) is 14.2. The fourth-order valence-corrected chi connectivity index (χ4v) is 3.92. The summed E-state index contributed by atoms with van der Waals surface area (Å²) in [7, 11) is 0. The number of aromatic carboxylic acids is 1. The number of carboxylic acids is 1. The largest absolute Gasteiger partial charge is 0.675 e. The number of benzene rings is 2. The molecule has 0 heterocycles. The minimum absolute atomic E-state index is 0. The Kier molecular flexibility index (Phi) is 13.5. The van der Waals surface area contributed by atoms with Gasteiger partial charge >= 0.3 is 5.97 Å². The van der Waals surface area contributed by atoms with Gasteiger partial charge in [0.1, 0.15) is 0 Å². The summed E-state index contributed by atoms with van der Waals surface area (Å²) in [6.45, 7) is 1.83. The SMILES string of the molecule is Cc1ccc(Cl)c([N-]c2ccccc2C(=O)O)c1Cl.[NH-]C1CCCC1.[NH-]C1CCCC1.[Pt]. The third-order valence-corrected chi connectivity index (χ3v) is 6.12. The molecule has 2 aliphatic carbocycles. The van der Waals surface area contributed by atoms with Crippen LogP contribution in [0.25, 0.3) is 16.8 Å². The molecule has 0 spiro atoms. The van der Waals surface area contributed by atoms with Gasteiger partial charge in [0.25, 0.3) is 0 Å². The van der Waals surface area contributed by atoms with Crippen molar-refractivity contribution in [2.75, 3.05) is 0 Å². The Hall–Kier alpha value is -1.10. The summed E-state index contributed by atoms with van der Waals surface area (Å²) in [6, 6.07) is 10.5. The van der Waals surface area contributed by atoms with Crippen molar-refractivity contribution in [2.24, 2.45) is 0 Å². The van der Waals surface area contributed by atoms with Crippen molar-refractivity contribution in [1.82, 2.24) is 0 Å². The molecule has 2 fully saturated rings. The Balaban J connectivity index is 0.000000320. The molecule has 3 N–H and O–H groups in total. The van der Waals surface area contributed by atoms with Crippen LogP contribution in [0.2, 0.25) is 10.0 Å². The van der Waals surface area contributed by atoms with Crippen LogP contribution in [0.4, 0.5) is 11.4 Å². The second kappa shape index (κ2) is 14.9. The molecule has 2 aliphatic rings. The number of nitrogens with zero attached hydrogens (tertiary/aromatic N) is 1. The zero-order valence-electron chi connectivity index (χ0n) is 18.2. The number of para-hydroxylation sites is 1. The van der Waals surface area contributed by atoms with Gasteiger partial charge in [-0.3, -0.25) is 0 Å². The molecule has 0 saturated heterocycles. The Labute approximate surface area is 215 Å². The Morgan fingerprint density at radius 3 is 1.88 bits per heavy atom. The third kappa shape index (κ3) is 9.41. The van der Waals surface area contributed by atoms with E-state index in [0.29, 0.717) is 33.5 Å². The topological polar surface area (TPSA) is 99.0 Å². The molecule has 0 amide bonds. The van der Waals surface area contributed by atoms with Crippen molar-refractivity contribution in [3.63, 3.8) is 0 Å². The molecule has 2 aromatic rings. The van der Waals surface area contributed by atoms with Gasteiger partial charge in [0, 0.05) is 36.7 Å². The van der Waals surface area contributed by atoms with Crippen LogP contribution < -0.4 is 0 Å². The second-order valence-electron chi connectivity index (χ2n) is 7.92. The van der Waals surface area contributed by atoms with Gasteiger partial charge in [0.2, 0.25) is 0 Å². The summed E-state index contributed by atoms with van der Waals surface area (Å²) in [4.78, 5) is 11.1. The van der Waals surface area contributed by atoms with E-state index in [0.717, 1.165) is 31.2 Å². The van der Waals surface area contributed by atoms with Crippen LogP contribution >= 0.6 is 23.2 Å². The number of hydrogen-bond acceptors (Lipinski definition) is 1. The van der Waals surface area contributed by atoms with E-state index in [4.69, 9.17) is 39.8 Å². The summed E-state index contributed by atoms with van der Waals surface area (Å²) in [5.41, 5.74) is 15.9. The van der Waals surface area contributed by atoms with E-state index in [-0.39, 0.29) is 26.6 Å². The van der Waals surface area contributed by atoms with Crippen LogP contribution in [0.1, 0.15) is 67.3 Å². The number of carboxylic acid groups (broad SMARTS) is 1. The zero-order chi connectivity index (χ0) is 22.8. The Morgan fingerprint density at radius 1 is 0.938 bits per heavy atom. The number of nitrogens with one attached hydrogen (secondary N) is 2. The van der Waals surface area contributed by atoms with Crippen LogP contribution in [0.5, 0.6) is 0 Å². The predicted octanol–water partition coefficient (Wildman–Crippen LogP) is 9.30. The van der Waals surface area contributed by atoms with E-state index < -0.39 is 5.97 Å².